The number of halogens is 1. The normalized spacial score (nSPS) is 16.5. The van der Waals surface area contributed by atoms with Gasteiger partial charge in [0.25, 0.3) is 5.91 Å². The van der Waals surface area contributed by atoms with Gasteiger partial charge in [-0.2, -0.15) is 5.10 Å². The van der Waals surface area contributed by atoms with Gasteiger partial charge in [0, 0.05) is 18.5 Å². The third kappa shape index (κ3) is 2.49. The fourth-order valence-electron chi connectivity index (χ4n) is 2.52. The summed E-state index contributed by atoms with van der Waals surface area (Å²) in [5.41, 5.74) is 3.42. The van der Waals surface area contributed by atoms with E-state index in [4.69, 9.17) is 16.3 Å². The third-order valence-electron chi connectivity index (χ3n) is 3.75. The lowest BCUT2D eigenvalue weighted by molar-refractivity contribution is -0.122. The maximum Gasteiger partial charge on any atom is 0.265 e. The summed E-state index contributed by atoms with van der Waals surface area (Å²) >= 11 is 5.96. The number of nitrogens with one attached hydrogen (secondary N) is 1. The molecule has 0 spiro atoms. The van der Waals surface area contributed by atoms with Gasteiger partial charge in [-0.1, -0.05) is 11.6 Å². The zero-order chi connectivity index (χ0) is 15.1. The molecule has 1 N–H and O–H groups in total. The summed E-state index contributed by atoms with van der Waals surface area (Å²) in [5.74, 6) is 0.556. The summed E-state index contributed by atoms with van der Waals surface area (Å²) in [6.45, 7) is 3.78. The Morgan fingerprint density at radius 3 is 2.90 bits per heavy atom. The maximum atomic E-state index is 12.4. The van der Waals surface area contributed by atoms with Gasteiger partial charge < -0.3 is 10.1 Å². The molecule has 0 bridgehead atoms. The number of fused-ring (bicyclic) bond motifs is 1. The van der Waals surface area contributed by atoms with Gasteiger partial charge in [-0.3, -0.25) is 9.48 Å². The van der Waals surface area contributed by atoms with E-state index in [1.54, 1.807) is 16.8 Å². The largest absolute Gasteiger partial charge is 0.480 e. The average molecular weight is 306 g/mol. The molecule has 1 atom stereocenters. The average Bonchev–Trinajstić information content (AvgIpc) is 2.95. The molecule has 5 nitrogen and oxygen atoms in total. The van der Waals surface area contributed by atoms with Crippen LogP contribution in [0.1, 0.15) is 17.0 Å². The van der Waals surface area contributed by atoms with Gasteiger partial charge in [-0.15, -0.1) is 0 Å². The highest BCUT2D eigenvalue weighted by Gasteiger charge is 2.30. The molecule has 0 radical (unpaired) electrons. The van der Waals surface area contributed by atoms with E-state index in [0.29, 0.717) is 11.4 Å². The summed E-state index contributed by atoms with van der Waals surface area (Å²) in [6, 6.07) is 5.40. The molecule has 0 unspecified atom stereocenters. The molecule has 1 aromatic carbocycles. The van der Waals surface area contributed by atoms with Crippen LogP contribution < -0.4 is 10.1 Å². The van der Waals surface area contributed by atoms with E-state index >= 15 is 0 Å². The number of amides is 1. The molecule has 1 amide bonds. The van der Waals surface area contributed by atoms with E-state index in [1.807, 2.05) is 27.0 Å². The Labute approximate surface area is 127 Å². The minimum atomic E-state index is -0.530. The van der Waals surface area contributed by atoms with Gasteiger partial charge in [-0.25, -0.2) is 0 Å². The molecular weight excluding hydrogens is 290 g/mol. The molecule has 6 heteroatoms. The Morgan fingerprint density at radius 2 is 2.24 bits per heavy atom. The molecule has 2 aromatic rings. The number of rotatable bonds is 2. The van der Waals surface area contributed by atoms with Crippen molar-refractivity contribution >= 4 is 23.2 Å². The lowest BCUT2D eigenvalue weighted by atomic mass is 10.1. The number of nitrogens with zero attached hydrogens (tertiary/aromatic N) is 2. The molecule has 0 saturated carbocycles. The number of aryl methyl sites for hydroxylation is 2. The van der Waals surface area contributed by atoms with Crippen molar-refractivity contribution in [1.82, 2.24) is 9.78 Å². The molecule has 3 rings (SSSR count). The Kier molecular flexibility index (Phi) is 3.37. The van der Waals surface area contributed by atoms with Crippen LogP contribution in [0.4, 0.5) is 5.69 Å². The number of ether oxygens (including phenoxy) is 1. The quantitative estimate of drug-likeness (QED) is 0.928. The van der Waals surface area contributed by atoms with Gasteiger partial charge >= 0.3 is 0 Å². The third-order valence-corrected chi connectivity index (χ3v) is 3.98. The zero-order valence-corrected chi connectivity index (χ0v) is 12.9. The van der Waals surface area contributed by atoms with E-state index in [2.05, 4.69) is 10.4 Å². The first-order valence-corrected chi connectivity index (χ1v) is 7.09. The highest BCUT2D eigenvalue weighted by atomic mass is 35.5. The van der Waals surface area contributed by atoms with E-state index < -0.39 is 6.10 Å². The van der Waals surface area contributed by atoms with Crippen molar-refractivity contribution in [3.63, 3.8) is 0 Å². The Hall–Kier alpha value is -2.01. The molecule has 1 aliphatic rings. The number of hydrogen-bond acceptors (Lipinski definition) is 3. The van der Waals surface area contributed by atoms with Crippen LogP contribution in [0.2, 0.25) is 5.02 Å². The zero-order valence-electron chi connectivity index (χ0n) is 12.1. The van der Waals surface area contributed by atoms with Crippen molar-refractivity contribution in [2.75, 3.05) is 5.32 Å². The van der Waals surface area contributed by atoms with Crippen molar-refractivity contribution in [3.8, 4) is 5.75 Å². The van der Waals surface area contributed by atoms with Crippen LogP contribution in [0.15, 0.2) is 18.2 Å². The fourth-order valence-corrected chi connectivity index (χ4v) is 2.72. The van der Waals surface area contributed by atoms with Crippen LogP contribution in [0.5, 0.6) is 5.75 Å². The van der Waals surface area contributed by atoms with E-state index in [-0.39, 0.29) is 5.91 Å². The second-order valence-corrected chi connectivity index (χ2v) is 5.66. The van der Waals surface area contributed by atoms with Crippen LogP contribution >= 0.6 is 11.6 Å². The van der Waals surface area contributed by atoms with Crippen LogP contribution in [0, 0.1) is 13.8 Å². The minimum absolute atomic E-state index is 0.165. The molecule has 0 aliphatic carbocycles. The molecule has 2 heterocycles. The van der Waals surface area contributed by atoms with E-state index in [1.165, 1.54) is 0 Å². The van der Waals surface area contributed by atoms with E-state index in [9.17, 15) is 4.79 Å². The lowest BCUT2D eigenvalue weighted by Gasteiger charge is -2.11. The molecule has 21 heavy (non-hydrogen) atoms. The summed E-state index contributed by atoms with van der Waals surface area (Å²) in [7, 11) is 1.85. The summed E-state index contributed by atoms with van der Waals surface area (Å²) < 4.78 is 7.43. The first-order valence-electron chi connectivity index (χ1n) is 6.72. The van der Waals surface area contributed by atoms with Crippen molar-refractivity contribution in [2.45, 2.75) is 26.4 Å². The Balaban J connectivity index is 1.76. The number of carbonyl (C=O) groups is 1. The predicted molar refractivity (Wildman–Crippen MR) is 80.9 cm³/mol. The minimum Gasteiger partial charge on any atom is -0.480 e. The van der Waals surface area contributed by atoms with Crippen molar-refractivity contribution in [2.24, 2.45) is 7.05 Å². The second-order valence-electron chi connectivity index (χ2n) is 5.22. The summed E-state index contributed by atoms with van der Waals surface area (Å²) in [5, 5.41) is 7.85. The van der Waals surface area contributed by atoms with E-state index in [0.717, 1.165) is 28.4 Å². The second kappa shape index (κ2) is 5.07. The number of hydrogen-bond donors (Lipinski definition) is 1. The van der Waals surface area contributed by atoms with Crippen LogP contribution in [-0.4, -0.2) is 21.8 Å². The monoisotopic (exact) mass is 305 g/mol. The highest BCUT2D eigenvalue weighted by Crippen LogP contribution is 2.31. The maximum absolute atomic E-state index is 12.4. The van der Waals surface area contributed by atoms with Gasteiger partial charge in [-0.05, 0) is 37.6 Å². The van der Waals surface area contributed by atoms with Gasteiger partial charge in [0.05, 0.1) is 17.1 Å². The molecular formula is C15H16ClN3O2. The van der Waals surface area contributed by atoms with Crippen molar-refractivity contribution < 1.29 is 9.53 Å². The Morgan fingerprint density at radius 1 is 1.48 bits per heavy atom. The lowest BCUT2D eigenvalue weighted by Crippen LogP contribution is -2.31. The highest BCUT2D eigenvalue weighted by molar-refractivity contribution is 6.30. The number of anilines is 1. The van der Waals surface area contributed by atoms with Crippen LogP contribution in [0.3, 0.4) is 0 Å². The number of aromatic nitrogens is 2. The van der Waals surface area contributed by atoms with Gasteiger partial charge in [0.2, 0.25) is 0 Å². The molecule has 0 saturated heterocycles. The van der Waals surface area contributed by atoms with Gasteiger partial charge in [0.15, 0.2) is 6.10 Å². The standard InChI is InChI=1S/C15H16ClN3O2/c1-8-14(9(2)19(3)18-8)17-15(20)13-7-10-6-11(16)4-5-12(10)21-13/h4-6,13H,7H2,1-3H3,(H,17,20)/t13-/m1/s1. The summed E-state index contributed by atoms with van der Waals surface area (Å²) in [6.07, 6.45) is -0.00226. The first-order chi connectivity index (χ1) is 9.95. The van der Waals surface area contributed by atoms with Gasteiger partial charge in [0.1, 0.15) is 5.75 Å². The predicted octanol–water partition coefficient (Wildman–Crippen LogP) is 2.63. The topological polar surface area (TPSA) is 56.2 Å². The molecule has 0 fully saturated rings. The molecule has 1 aliphatic heterocycles. The molecule has 1 aromatic heterocycles. The summed E-state index contributed by atoms with van der Waals surface area (Å²) in [4.78, 5) is 12.4. The smallest absolute Gasteiger partial charge is 0.265 e. The number of benzene rings is 1. The molecule has 110 valence electrons. The first kappa shape index (κ1) is 13.9. The number of carbonyl (C=O) groups excluding carboxylic acids is 1. The Bertz CT molecular complexity index is 724. The van der Waals surface area contributed by atoms with Crippen molar-refractivity contribution in [1.29, 1.82) is 0 Å². The fraction of sp³-hybridized carbons (Fsp3) is 0.333. The van der Waals surface area contributed by atoms with Crippen LogP contribution in [-0.2, 0) is 18.3 Å². The SMILES string of the molecule is Cc1nn(C)c(C)c1NC(=O)[C@H]1Cc2cc(Cl)ccc2O1. The van der Waals surface area contributed by atoms with Crippen molar-refractivity contribution in [3.05, 3.63) is 40.2 Å². The van der Waals surface area contributed by atoms with Crippen LogP contribution in [0.25, 0.3) is 0 Å².